The second kappa shape index (κ2) is 9.37. The fraction of sp³-hybridized carbons (Fsp3) is 0.364. The predicted molar refractivity (Wildman–Crippen MR) is 112 cm³/mol. The quantitative estimate of drug-likeness (QED) is 0.782. The van der Waals surface area contributed by atoms with Gasteiger partial charge in [0.2, 0.25) is 0 Å². The first-order valence-electron chi connectivity index (χ1n) is 9.67. The molecule has 3 rings (SSSR count). The lowest BCUT2D eigenvalue weighted by atomic mass is 10.0. The molecule has 0 aliphatic carbocycles. The van der Waals surface area contributed by atoms with Crippen molar-refractivity contribution in [1.82, 2.24) is 10.2 Å². The summed E-state index contributed by atoms with van der Waals surface area (Å²) in [5.74, 6) is -1.19. The molecule has 1 heterocycles. The molecule has 6 heteroatoms. The molecule has 0 unspecified atom stereocenters. The lowest BCUT2D eigenvalue weighted by molar-refractivity contribution is -0.136. The van der Waals surface area contributed by atoms with Gasteiger partial charge >= 0.3 is 11.8 Å². The maximum atomic E-state index is 12.2. The van der Waals surface area contributed by atoms with E-state index in [4.69, 9.17) is 0 Å². The zero-order valence-corrected chi connectivity index (χ0v) is 16.5. The molecule has 2 N–H and O–H groups in total. The third-order valence-electron chi connectivity index (χ3n) is 5.02. The van der Waals surface area contributed by atoms with Crippen LogP contribution < -0.4 is 15.5 Å². The molecule has 2 amide bonds. The van der Waals surface area contributed by atoms with Crippen molar-refractivity contribution in [1.29, 1.82) is 0 Å². The summed E-state index contributed by atoms with van der Waals surface area (Å²) in [5.41, 5.74) is 2.94. The highest BCUT2D eigenvalue weighted by Crippen LogP contribution is 2.16. The predicted octanol–water partition coefficient (Wildman–Crippen LogP) is 2.47. The summed E-state index contributed by atoms with van der Waals surface area (Å²) in [6.45, 7) is 2.74. The summed E-state index contributed by atoms with van der Waals surface area (Å²) >= 11 is 0. The Bertz CT molecular complexity index is 782. The molecule has 28 heavy (non-hydrogen) atoms. The molecule has 148 valence electrons. The first kappa shape index (κ1) is 19.9. The molecule has 0 radical (unpaired) electrons. The van der Waals surface area contributed by atoms with Gasteiger partial charge in [0.25, 0.3) is 0 Å². The molecule has 0 bridgehead atoms. The van der Waals surface area contributed by atoms with Crippen LogP contribution >= 0.6 is 0 Å². The van der Waals surface area contributed by atoms with Crippen molar-refractivity contribution in [3.8, 4) is 0 Å². The monoisotopic (exact) mass is 380 g/mol. The lowest BCUT2D eigenvalue weighted by Crippen LogP contribution is -2.47. The van der Waals surface area contributed by atoms with Crippen LogP contribution in [0.15, 0.2) is 54.6 Å². The zero-order valence-electron chi connectivity index (χ0n) is 16.5. The Kier molecular flexibility index (Phi) is 6.66. The molecule has 2 aromatic rings. The number of rotatable bonds is 5. The van der Waals surface area contributed by atoms with Crippen LogP contribution in [0.4, 0.5) is 11.4 Å². The van der Waals surface area contributed by atoms with Crippen molar-refractivity contribution in [3.05, 3.63) is 60.2 Å². The van der Waals surface area contributed by atoms with Crippen LogP contribution in [0.3, 0.4) is 0 Å². The van der Waals surface area contributed by atoms with E-state index in [1.807, 2.05) is 37.2 Å². The lowest BCUT2D eigenvalue weighted by Gasteiger charge is -2.32. The normalized spacial score (nSPS) is 15.1. The van der Waals surface area contributed by atoms with Crippen molar-refractivity contribution < 1.29 is 9.59 Å². The first-order valence-corrected chi connectivity index (χ1v) is 9.67. The molecule has 0 atom stereocenters. The number of hydrogen-bond acceptors (Lipinski definition) is 4. The standard InChI is InChI=1S/C22H28N4O2/c1-25(2)20-10-8-18(9-11-20)23-21(27)22(28)24-19-12-14-26(15-13-19)16-17-6-4-3-5-7-17/h3-11,19H,12-16H2,1-2H3,(H,23,27)(H,24,28). The highest BCUT2D eigenvalue weighted by molar-refractivity contribution is 6.39. The minimum Gasteiger partial charge on any atom is -0.378 e. The summed E-state index contributed by atoms with van der Waals surface area (Å²) in [7, 11) is 3.90. The van der Waals surface area contributed by atoms with Gasteiger partial charge in [-0.1, -0.05) is 30.3 Å². The van der Waals surface area contributed by atoms with Crippen LogP contribution in [0.5, 0.6) is 0 Å². The van der Waals surface area contributed by atoms with Gasteiger partial charge in [0.1, 0.15) is 0 Å². The SMILES string of the molecule is CN(C)c1ccc(NC(=O)C(=O)NC2CCN(Cc3ccccc3)CC2)cc1. The third kappa shape index (κ3) is 5.57. The average molecular weight is 380 g/mol. The van der Waals surface area contributed by atoms with E-state index in [0.29, 0.717) is 5.69 Å². The molecule has 2 aromatic carbocycles. The van der Waals surface area contributed by atoms with Gasteiger partial charge in [-0.05, 0) is 42.7 Å². The van der Waals surface area contributed by atoms with Crippen LogP contribution in [0.25, 0.3) is 0 Å². The van der Waals surface area contributed by atoms with Crippen molar-refractivity contribution in [2.45, 2.75) is 25.4 Å². The summed E-state index contributed by atoms with van der Waals surface area (Å²) in [6.07, 6.45) is 1.70. The maximum Gasteiger partial charge on any atom is 0.313 e. The number of hydrogen-bond donors (Lipinski definition) is 2. The van der Waals surface area contributed by atoms with E-state index in [2.05, 4.69) is 39.8 Å². The van der Waals surface area contributed by atoms with Gasteiger partial charge in [0.15, 0.2) is 0 Å². The van der Waals surface area contributed by atoms with Gasteiger partial charge < -0.3 is 15.5 Å². The van der Waals surface area contributed by atoms with Gasteiger partial charge in [-0.2, -0.15) is 0 Å². The van der Waals surface area contributed by atoms with E-state index in [1.165, 1.54) is 5.56 Å². The van der Waals surface area contributed by atoms with E-state index < -0.39 is 11.8 Å². The number of carbonyl (C=O) groups excluding carboxylic acids is 2. The van der Waals surface area contributed by atoms with Crippen molar-refractivity contribution in [3.63, 3.8) is 0 Å². The summed E-state index contributed by atoms with van der Waals surface area (Å²) in [6, 6.07) is 17.8. The number of anilines is 2. The van der Waals surface area contributed by atoms with Crippen molar-refractivity contribution in [2.75, 3.05) is 37.4 Å². The topological polar surface area (TPSA) is 64.7 Å². The second-order valence-corrected chi connectivity index (χ2v) is 7.40. The third-order valence-corrected chi connectivity index (χ3v) is 5.02. The molecule has 1 aliphatic rings. The van der Waals surface area contributed by atoms with E-state index in [1.54, 1.807) is 12.1 Å². The van der Waals surface area contributed by atoms with E-state index in [-0.39, 0.29) is 6.04 Å². The summed E-state index contributed by atoms with van der Waals surface area (Å²) in [5, 5.41) is 5.53. The van der Waals surface area contributed by atoms with Crippen LogP contribution in [0.1, 0.15) is 18.4 Å². The maximum absolute atomic E-state index is 12.2. The van der Waals surface area contributed by atoms with Gasteiger partial charge in [-0.3, -0.25) is 14.5 Å². The van der Waals surface area contributed by atoms with Crippen molar-refractivity contribution in [2.24, 2.45) is 0 Å². The second-order valence-electron chi connectivity index (χ2n) is 7.40. The van der Waals surface area contributed by atoms with Crippen LogP contribution in [0.2, 0.25) is 0 Å². The highest BCUT2D eigenvalue weighted by atomic mass is 16.2. The Morgan fingerprint density at radius 2 is 1.61 bits per heavy atom. The van der Waals surface area contributed by atoms with Crippen LogP contribution in [-0.2, 0) is 16.1 Å². The number of carbonyl (C=O) groups is 2. The number of piperidine rings is 1. The summed E-state index contributed by atoms with van der Waals surface area (Å²) < 4.78 is 0. The molecule has 0 spiro atoms. The Hall–Kier alpha value is -2.86. The van der Waals surface area contributed by atoms with Crippen LogP contribution in [-0.4, -0.2) is 49.9 Å². The van der Waals surface area contributed by atoms with E-state index in [0.717, 1.165) is 38.2 Å². The average Bonchev–Trinajstić information content (AvgIpc) is 2.70. The number of amides is 2. The number of benzene rings is 2. The minimum absolute atomic E-state index is 0.0430. The molecular weight excluding hydrogens is 352 g/mol. The van der Waals surface area contributed by atoms with E-state index in [9.17, 15) is 9.59 Å². The Morgan fingerprint density at radius 1 is 0.964 bits per heavy atom. The fourth-order valence-corrected chi connectivity index (χ4v) is 3.36. The fourth-order valence-electron chi connectivity index (χ4n) is 3.36. The van der Waals surface area contributed by atoms with Crippen molar-refractivity contribution >= 4 is 23.2 Å². The van der Waals surface area contributed by atoms with Gasteiger partial charge in [0, 0.05) is 51.1 Å². The van der Waals surface area contributed by atoms with Crippen LogP contribution in [0, 0.1) is 0 Å². The molecule has 6 nitrogen and oxygen atoms in total. The smallest absolute Gasteiger partial charge is 0.313 e. The Balaban J connectivity index is 1.43. The minimum atomic E-state index is -0.621. The Labute approximate surface area is 166 Å². The highest BCUT2D eigenvalue weighted by Gasteiger charge is 2.23. The van der Waals surface area contributed by atoms with Gasteiger partial charge in [0.05, 0.1) is 0 Å². The number of nitrogens with zero attached hydrogens (tertiary/aromatic N) is 2. The molecule has 1 fully saturated rings. The van der Waals surface area contributed by atoms with E-state index >= 15 is 0 Å². The largest absolute Gasteiger partial charge is 0.378 e. The zero-order chi connectivity index (χ0) is 19.9. The molecule has 0 saturated carbocycles. The molecule has 0 aromatic heterocycles. The number of likely N-dealkylation sites (tertiary alicyclic amines) is 1. The van der Waals surface area contributed by atoms with Gasteiger partial charge in [-0.15, -0.1) is 0 Å². The number of nitrogens with one attached hydrogen (secondary N) is 2. The van der Waals surface area contributed by atoms with Gasteiger partial charge in [-0.25, -0.2) is 0 Å². The summed E-state index contributed by atoms with van der Waals surface area (Å²) in [4.78, 5) is 28.7. The molecule has 1 saturated heterocycles. The molecule has 1 aliphatic heterocycles. The Morgan fingerprint density at radius 3 is 2.21 bits per heavy atom. The first-order chi connectivity index (χ1) is 13.5. The molecular formula is C22H28N4O2.